The van der Waals surface area contributed by atoms with Gasteiger partial charge in [0.15, 0.2) is 0 Å². The van der Waals surface area contributed by atoms with Crippen LogP contribution in [0.15, 0.2) is 231 Å². The molecule has 2 atom stereocenters. The van der Waals surface area contributed by atoms with Crippen LogP contribution in [-0.4, -0.2) is 45.8 Å². The lowest BCUT2D eigenvalue weighted by molar-refractivity contribution is 0.233. The minimum Gasteiger partial charge on any atom is -0.493 e. The fourth-order valence-corrected chi connectivity index (χ4v) is 14.0. The number of nitriles is 1. The van der Waals surface area contributed by atoms with Gasteiger partial charge in [0.25, 0.3) is 0 Å². The van der Waals surface area contributed by atoms with Gasteiger partial charge in [-0.2, -0.15) is 5.26 Å². The molecule has 0 saturated carbocycles. The van der Waals surface area contributed by atoms with Gasteiger partial charge in [0, 0.05) is 38.3 Å². The van der Waals surface area contributed by atoms with Crippen LogP contribution < -0.4 is 42.0 Å². The van der Waals surface area contributed by atoms with Crippen molar-refractivity contribution in [2.75, 3.05) is 13.2 Å². The van der Waals surface area contributed by atoms with Gasteiger partial charge in [-0.25, -0.2) is 9.83 Å². The molecule has 10 heteroatoms. The van der Waals surface area contributed by atoms with Crippen LogP contribution in [0.1, 0.15) is 142 Å². The first-order chi connectivity index (χ1) is 47.3. The number of unbranched alkanes of at least 4 members (excludes halogenated alkanes) is 2. The number of hydrogen-bond acceptors (Lipinski definition) is 5. The van der Waals surface area contributed by atoms with E-state index in [1.54, 1.807) is 0 Å². The average Bonchev–Trinajstić information content (AvgIpc) is 1.52. The van der Waals surface area contributed by atoms with Gasteiger partial charge in [0.1, 0.15) is 23.1 Å². The molecule has 2 unspecified atom stereocenters. The van der Waals surface area contributed by atoms with Crippen molar-refractivity contribution >= 4 is 79.4 Å². The van der Waals surface area contributed by atoms with Crippen LogP contribution in [0.3, 0.4) is 0 Å². The number of hydrogen-bond donors (Lipinski definition) is 0. The minimum absolute atomic E-state index is 0.0985. The van der Waals surface area contributed by atoms with E-state index in [0.717, 1.165) is 140 Å². The van der Waals surface area contributed by atoms with Gasteiger partial charge in [-0.1, -0.05) is 268 Å². The summed E-state index contributed by atoms with van der Waals surface area (Å²) >= 11 is 0. The molecule has 97 heavy (non-hydrogen) atoms. The lowest BCUT2D eigenvalue weighted by Crippen LogP contribution is -2.54. The molecular formula is C87H88B2N6O2. The van der Waals surface area contributed by atoms with Crippen molar-refractivity contribution in [3.63, 3.8) is 0 Å². The van der Waals surface area contributed by atoms with E-state index in [0.29, 0.717) is 64.3 Å². The fourth-order valence-electron chi connectivity index (χ4n) is 14.0. The highest BCUT2D eigenvalue weighted by Crippen LogP contribution is 2.39. The summed E-state index contributed by atoms with van der Waals surface area (Å²) in [5, 5.41) is 17.6. The van der Waals surface area contributed by atoms with Gasteiger partial charge in [-0.05, 0) is 143 Å². The Morgan fingerprint density at radius 1 is 0.515 bits per heavy atom. The molecule has 0 fully saturated rings. The molecule has 0 bridgehead atoms. The Bertz CT molecular complexity index is 4770. The Labute approximate surface area is 575 Å². The van der Waals surface area contributed by atoms with Crippen LogP contribution in [0.4, 0.5) is 0 Å². The van der Waals surface area contributed by atoms with Crippen molar-refractivity contribution in [3.8, 4) is 40.1 Å². The highest BCUT2D eigenvalue weighted by Gasteiger charge is 2.37. The first-order valence-corrected chi connectivity index (χ1v) is 35.2. The fraction of sp³-hybridized carbons (Fsp3) is 0.264. The van der Waals surface area contributed by atoms with Crippen molar-refractivity contribution in [1.29, 1.82) is 5.26 Å². The van der Waals surface area contributed by atoms with Crippen molar-refractivity contribution in [2.45, 2.75) is 125 Å². The predicted molar refractivity (Wildman–Crippen MR) is 408 cm³/mol. The van der Waals surface area contributed by atoms with E-state index in [4.69, 9.17) is 24.3 Å². The third-order valence-electron chi connectivity index (χ3n) is 19.6. The minimum atomic E-state index is -0.549. The zero-order valence-electron chi connectivity index (χ0n) is 57.9. The molecule has 4 heterocycles. The maximum Gasteiger partial charge on any atom is 0.328 e. The number of ether oxygens (including phenoxy) is 2. The topological polar surface area (TPSA) is 82.2 Å². The second kappa shape index (κ2) is 30.3. The summed E-state index contributed by atoms with van der Waals surface area (Å²) in [5.74, 6) is 2.70. The zero-order chi connectivity index (χ0) is 67.6. The standard InChI is InChI=1S/C87H88B2N6O2/c1-11-15-29-61(13-3)58-96-73-47-39-63(40-48-73)83-80-81(86(95(83)89(71-35-25-19-26-36-71)72-37-27-20-28-38-72)82(91-10)79-53-45-67-56-68(87(7,8)9)46-54-77(67)93-79)84(64-41-49-74(50-42-64)97-59-62(14-4)30-16-12-2)94(88(69-31-21-17-22-32-69)70-33-23-18-24-34-70)85(80)75(57-90)78-52-44-66-55-65(60(5)6)43-51-76(66)92-78/h17-28,31-56,60-62H,11-16,29-30,58-59H2,1-9H3/b85-75-,86-82+. The van der Waals surface area contributed by atoms with E-state index in [-0.39, 0.29) is 5.41 Å². The summed E-state index contributed by atoms with van der Waals surface area (Å²) in [5.41, 5.74) is 13.0. The number of pyridine rings is 2. The van der Waals surface area contributed by atoms with Crippen molar-refractivity contribution in [2.24, 2.45) is 11.8 Å². The van der Waals surface area contributed by atoms with Crippen LogP contribution in [-0.2, 0) is 5.41 Å². The van der Waals surface area contributed by atoms with Gasteiger partial charge in [0.2, 0.25) is 5.70 Å². The van der Waals surface area contributed by atoms with E-state index in [1.165, 1.54) is 11.1 Å². The van der Waals surface area contributed by atoms with Crippen molar-refractivity contribution in [3.05, 3.63) is 275 Å². The molecule has 0 amide bonds. The SMILES string of the molecule is [C-]#[N+]/C(c1ccc2cc(C(C)(C)C)ccc2n1)=c1\c2c(-c3ccc(OCC(CC)CCCC)cc3)n(B(c3ccccc3)c3ccccc3)/c(=C(/C#N)c3ccc4cc(C(C)C)ccc4n3)c2c(-c2ccc(OCC(CC)CCCC)cc2)n1B(c1ccccc1)c1ccccc1. The normalized spacial score (nSPS) is 12.9. The number of rotatable bonds is 25. The number of fused-ring (bicyclic) bond motifs is 3. The van der Waals surface area contributed by atoms with Crippen LogP contribution in [0.2, 0.25) is 0 Å². The van der Waals surface area contributed by atoms with Gasteiger partial charge in [0.05, 0.1) is 47.6 Å². The second-order valence-corrected chi connectivity index (χ2v) is 27.4. The van der Waals surface area contributed by atoms with Crippen LogP contribution in [0, 0.1) is 29.7 Å². The molecule has 4 aromatic heterocycles. The van der Waals surface area contributed by atoms with Crippen molar-refractivity contribution in [1.82, 2.24) is 18.9 Å². The van der Waals surface area contributed by atoms with E-state index < -0.39 is 13.7 Å². The van der Waals surface area contributed by atoms with Crippen molar-refractivity contribution < 1.29 is 9.47 Å². The molecule has 0 saturated heterocycles. The molecule has 484 valence electrons. The summed E-state index contributed by atoms with van der Waals surface area (Å²) in [7, 11) is 0. The quantitative estimate of drug-likeness (QED) is 0.0421. The molecule has 0 aliphatic heterocycles. The Morgan fingerprint density at radius 3 is 1.36 bits per heavy atom. The lowest BCUT2D eigenvalue weighted by atomic mass is 9.50. The number of aromatic nitrogens is 4. The first kappa shape index (κ1) is 66.9. The van der Waals surface area contributed by atoms with E-state index >= 15 is 0 Å². The molecule has 12 aromatic rings. The average molecular weight is 1270 g/mol. The molecule has 0 spiro atoms. The largest absolute Gasteiger partial charge is 0.493 e. The summed E-state index contributed by atoms with van der Waals surface area (Å²) < 4.78 is 18.4. The van der Waals surface area contributed by atoms with E-state index in [1.807, 2.05) is 12.1 Å². The van der Waals surface area contributed by atoms with Crippen LogP contribution in [0.25, 0.3) is 71.2 Å². The molecule has 12 rings (SSSR count). The third-order valence-corrected chi connectivity index (χ3v) is 19.6. The van der Waals surface area contributed by atoms with Gasteiger partial charge in [-0.15, -0.1) is 0 Å². The monoisotopic (exact) mass is 1270 g/mol. The van der Waals surface area contributed by atoms with Crippen LogP contribution in [0.5, 0.6) is 11.5 Å². The van der Waals surface area contributed by atoms with Crippen LogP contribution >= 0.6 is 0 Å². The molecular weight excluding hydrogens is 1180 g/mol. The molecule has 0 radical (unpaired) electrons. The molecule has 0 N–H and O–H groups in total. The molecule has 0 aliphatic carbocycles. The smallest absolute Gasteiger partial charge is 0.328 e. The first-order valence-electron chi connectivity index (χ1n) is 35.2. The molecule has 0 aliphatic rings. The summed E-state index contributed by atoms with van der Waals surface area (Å²) in [6.45, 7) is 30.2. The number of nitrogens with zero attached hydrogens (tertiary/aromatic N) is 6. The van der Waals surface area contributed by atoms with E-state index in [9.17, 15) is 11.8 Å². The highest BCUT2D eigenvalue weighted by atomic mass is 16.5. The Kier molecular flexibility index (Phi) is 20.9. The maximum absolute atomic E-state index is 12.7. The summed E-state index contributed by atoms with van der Waals surface area (Å²) in [6.07, 6.45) is 8.86. The van der Waals surface area contributed by atoms with Gasteiger partial charge in [-0.3, -0.25) is 4.98 Å². The maximum atomic E-state index is 12.7. The summed E-state index contributed by atoms with van der Waals surface area (Å²) in [4.78, 5) is 15.9. The van der Waals surface area contributed by atoms with Gasteiger partial charge < -0.3 is 18.4 Å². The highest BCUT2D eigenvalue weighted by molar-refractivity contribution is 6.85. The third kappa shape index (κ3) is 14.2. The number of benzene rings is 8. The van der Waals surface area contributed by atoms with Gasteiger partial charge >= 0.3 is 13.7 Å². The predicted octanol–water partition coefficient (Wildman–Crippen LogP) is 17.6. The Morgan fingerprint density at radius 2 is 0.938 bits per heavy atom. The zero-order valence-corrected chi connectivity index (χ0v) is 57.9. The second-order valence-electron chi connectivity index (χ2n) is 27.4. The molecule has 8 nitrogen and oxygen atoms in total. The Balaban J connectivity index is 1.34. The summed E-state index contributed by atoms with van der Waals surface area (Å²) in [6, 6.07) is 83.9. The Hall–Kier alpha value is -10.2. The van der Waals surface area contributed by atoms with E-state index in [2.05, 4.69) is 296 Å². The lowest BCUT2D eigenvalue weighted by Gasteiger charge is -2.25. The molecule has 8 aromatic carbocycles.